The fourth-order valence-electron chi connectivity index (χ4n) is 1.38. The molecule has 0 atom stereocenters. The molecule has 2 heterocycles. The number of hydrogen-bond donors (Lipinski definition) is 0. The molecule has 0 spiro atoms. The molecule has 0 saturated carbocycles. The zero-order chi connectivity index (χ0) is 13.3. The molecule has 0 saturated heterocycles. The molecule has 0 fully saturated rings. The van der Waals surface area contributed by atoms with Crippen LogP contribution in [0.15, 0.2) is 30.6 Å². The van der Waals surface area contributed by atoms with Crippen molar-refractivity contribution in [3.8, 4) is 11.3 Å². The Kier molecular flexibility index (Phi) is 3.21. The van der Waals surface area contributed by atoms with E-state index in [2.05, 4.69) is 9.97 Å². The standard InChI is InChI=1S/C11H5ClF4N2/c12-10-4-6(11(14,15)16)3-9(18-10)7-1-2-17-5-8(7)13/h1-5H. The lowest BCUT2D eigenvalue weighted by molar-refractivity contribution is -0.137. The first-order valence-corrected chi connectivity index (χ1v) is 5.10. The van der Waals surface area contributed by atoms with E-state index < -0.39 is 17.6 Å². The van der Waals surface area contributed by atoms with E-state index in [1.54, 1.807) is 0 Å². The summed E-state index contributed by atoms with van der Waals surface area (Å²) in [5.74, 6) is -0.764. The van der Waals surface area contributed by atoms with Crippen LogP contribution < -0.4 is 0 Å². The Bertz CT molecular complexity index is 583. The number of hydrogen-bond acceptors (Lipinski definition) is 2. The smallest absolute Gasteiger partial charge is 0.262 e. The molecule has 0 aliphatic rings. The summed E-state index contributed by atoms with van der Waals surface area (Å²) in [6, 6.07) is 2.66. The molecule has 0 bridgehead atoms. The fourth-order valence-corrected chi connectivity index (χ4v) is 1.59. The third kappa shape index (κ3) is 2.59. The van der Waals surface area contributed by atoms with Crippen LogP contribution in [-0.4, -0.2) is 9.97 Å². The van der Waals surface area contributed by atoms with Gasteiger partial charge >= 0.3 is 6.18 Å². The van der Waals surface area contributed by atoms with Crippen LogP contribution in [-0.2, 0) is 6.18 Å². The van der Waals surface area contributed by atoms with Crippen molar-refractivity contribution in [3.05, 3.63) is 47.1 Å². The van der Waals surface area contributed by atoms with E-state index >= 15 is 0 Å². The Morgan fingerprint density at radius 2 is 1.89 bits per heavy atom. The molecule has 0 radical (unpaired) electrons. The first kappa shape index (κ1) is 12.8. The average molecular weight is 277 g/mol. The molecule has 2 rings (SSSR count). The van der Waals surface area contributed by atoms with Gasteiger partial charge in [0.2, 0.25) is 0 Å². The highest BCUT2D eigenvalue weighted by molar-refractivity contribution is 6.29. The number of halogens is 5. The normalized spacial score (nSPS) is 11.6. The fraction of sp³-hybridized carbons (Fsp3) is 0.0909. The minimum atomic E-state index is -4.56. The predicted molar refractivity (Wildman–Crippen MR) is 57.4 cm³/mol. The average Bonchev–Trinajstić information content (AvgIpc) is 2.27. The second-order valence-corrected chi connectivity index (χ2v) is 3.80. The Labute approximate surface area is 104 Å². The summed E-state index contributed by atoms with van der Waals surface area (Å²) in [6.45, 7) is 0. The lowest BCUT2D eigenvalue weighted by Gasteiger charge is -2.09. The van der Waals surface area contributed by atoms with Crippen LogP contribution in [0.25, 0.3) is 11.3 Å². The predicted octanol–water partition coefficient (Wildman–Crippen LogP) is 3.95. The van der Waals surface area contributed by atoms with Gasteiger partial charge in [0, 0.05) is 11.8 Å². The molecule has 18 heavy (non-hydrogen) atoms. The molecule has 0 unspecified atom stereocenters. The summed E-state index contributed by atoms with van der Waals surface area (Å²) in [4.78, 5) is 7.18. The van der Waals surface area contributed by atoms with Crippen LogP contribution in [0.1, 0.15) is 5.56 Å². The highest BCUT2D eigenvalue weighted by atomic mass is 35.5. The minimum absolute atomic E-state index is 0.0852. The molecule has 2 nitrogen and oxygen atoms in total. The van der Waals surface area contributed by atoms with Gasteiger partial charge in [-0.3, -0.25) is 4.98 Å². The summed E-state index contributed by atoms with van der Waals surface area (Å²) < 4.78 is 51.1. The number of nitrogens with zero attached hydrogens (tertiary/aromatic N) is 2. The van der Waals surface area contributed by atoms with Crippen LogP contribution >= 0.6 is 11.6 Å². The number of alkyl halides is 3. The third-order valence-electron chi connectivity index (χ3n) is 2.17. The highest BCUT2D eigenvalue weighted by Gasteiger charge is 2.31. The van der Waals surface area contributed by atoms with Gasteiger partial charge in [-0.1, -0.05) is 11.6 Å². The van der Waals surface area contributed by atoms with Gasteiger partial charge < -0.3 is 0 Å². The van der Waals surface area contributed by atoms with E-state index in [1.807, 2.05) is 0 Å². The number of aromatic nitrogens is 2. The molecule has 0 amide bonds. The van der Waals surface area contributed by atoms with Crippen LogP contribution in [0.2, 0.25) is 5.15 Å². The second kappa shape index (κ2) is 4.53. The van der Waals surface area contributed by atoms with Gasteiger partial charge in [0.25, 0.3) is 0 Å². The summed E-state index contributed by atoms with van der Waals surface area (Å²) in [7, 11) is 0. The Morgan fingerprint density at radius 1 is 1.17 bits per heavy atom. The molecule has 0 aliphatic carbocycles. The Balaban J connectivity index is 2.60. The molecule has 0 N–H and O–H groups in total. The van der Waals surface area contributed by atoms with Crippen LogP contribution in [0.3, 0.4) is 0 Å². The zero-order valence-electron chi connectivity index (χ0n) is 8.67. The van der Waals surface area contributed by atoms with Crippen LogP contribution in [0.4, 0.5) is 17.6 Å². The van der Waals surface area contributed by atoms with Gasteiger partial charge in [0.15, 0.2) is 5.82 Å². The lowest BCUT2D eigenvalue weighted by Crippen LogP contribution is -2.06. The summed E-state index contributed by atoms with van der Waals surface area (Å²) in [5.41, 5.74) is -1.25. The Hall–Kier alpha value is -1.69. The Morgan fingerprint density at radius 3 is 2.50 bits per heavy atom. The van der Waals surface area contributed by atoms with Crippen molar-refractivity contribution >= 4 is 11.6 Å². The lowest BCUT2D eigenvalue weighted by atomic mass is 10.1. The quantitative estimate of drug-likeness (QED) is 0.582. The van der Waals surface area contributed by atoms with Crippen molar-refractivity contribution in [1.29, 1.82) is 0 Å². The molecule has 94 valence electrons. The molecule has 2 aromatic rings. The van der Waals surface area contributed by atoms with Gasteiger partial charge in [0.1, 0.15) is 5.15 Å². The van der Waals surface area contributed by atoms with Crippen LogP contribution in [0.5, 0.6) is 0 Å². The maximum atomic E-state index is 13.4. The summed E-state index contributed by atoms with van der Waals surface area (Å²) in [6.07, 6.45) is -2.41. The largest absolute Gasteiger partial charge is 0.416 e. The van der Waals surface area contributed by atoms with E-state index in [0.29, 0.717) is 6.07 Å². The molecular formula is C11H5ClF4N2. The van der Waals surface area contributed by atoms with Crippen molar-refractivity contribution in [3.63, 3.8) is 0 Å². The molecular weight excluding hydrogens is 272 g/mol. The second-order valence-electron chi connectivity index (χ2n) is 3.42. The van der Waals surface area contributed by atoms with Crippen molar-refractivity contribution in [2.75, 3.05) is 0 Å². The number of pyridine rings is 2. The van der Waals surface area contributed by atoms with Crippen molar-refractivity contribution in [2.24, 2.45) is 0 Å². The molecule has 7 heteroatoms. The molecule has 0 aliphatic heterocycles. The van der Waals surface area contributed by atoms with E-state index in [4.69, 9.17) is 11.6 Å². The van der Waals surface area contributed by atoms with Crippen molar-refractivity contribution in [1.82, 2.24) is 9.97 Å². The first-order chi connectivity index (χ1) is 8.38. The highest BCUT2D eigenvalue weighted by Crippen LogP contribution is 2.33. The van der Waals surface area contributed by atoms with Gasteiger partial charge in [-0.15, -0.1) is 0 Å². The van der Waals surface area contributed by atoms with E-state index in [0.717, 1.165) is 12.3 Å². The first-order valence-electron chi connectivity index (χ1n) is 4.72. The van der Waals surface area contributed by atoms with E-state index in [9.17, 15) is 17.6 Å². The maximum Gasteiger partial charge on any atom is 0.416 e. The van der Waals surface area contributed by atoms with Crippen molar-refractivity contribution in [2.45, 2.75) is 6.18 Å². The minimum Gasteiger partial charge on any atom is -0.262 e. The topological polar surface area (TPSA) is 25.8 Å². The number of rotatable bonds is 1. The SMILES string of the molecule is Fc1cnccc1-c1cc(C(F)(F)F)cc(Cl)n1. The van der Waals surface area contributed by atoms with E-state index in [1.165, 1.54) is 12.3 Å². The van der Waals surface area contributed by atoms with Crippen LogP contribution in [0, 0.1) is 5.82 Å². The molecule has 0 aromatic carbocycles. The summed E-state index contributed by atoms with van der Waals surface area (Å²) >= 11 is 5.51. The molecule has 2 aromatic heterocycles. The monoisotopic (exact) mass is 276 g/mol. The third-order valence-corrected chi connectivity index (χ3v) is 2.36. The summed E-state index contributed by atoms with van der Waals surface area (Å²) in [5, 5.41) is -0.351. The van der Waals surface area contributed by atoms with E-state index in [-0.39, 0.29) is 16.4 Å². The van der Waals surface area contributed by atoms with Gasteiger partial charge in [0.05, 0.1) is 17.5 Å². The maximum absolute atomic E-state index is 13.4. The van der Waals surface area contributed by atoms with Gasteiger partial charge in [-0.05, 0) is 18.2 Å². The van der Waals surface area contributed by atoms with Gasteiger partial charge in [-0.2, -0.15) is 13.2 Å². The van der Waals surface area contributed by atoms with Crippen molar-refractivity contribution < 1.29 is 17.6 Å². The van der Waals surface area contributed by atoms with Gasteiger partial charge in [-0.25, -0.2) is 9.37 Å². The zero-order valence-corrected chi connectivity index (χ0v) is 9.43.